The van der Waals surface area contributed by atoms with E-state index in [1.54, 1.807) is 0 Å². The molecule has 0 aromatic rings. The van der Waals surface area contributed by atoms with Crippen LogP contribution >= 0.6 is 0 Å². The van der Waals surface area contributed by atoms with Crippen LogP contribution in [0.25, 0.3) is 0 Å². The largest absolute Gasteiger partial charge is 0.508 e. The highest BCUT2D eigenvalue weighted by Crippen LogP contribution is 2.13. The molecule has 1 atom stereocenters. The van der Waals surface area contributed by atoms with Crippen molar-refractivity contribution in [2.45, 2.75) is 59.5 Å². The Labute approximate surface area is 93.1 Å². The fourth-order valence-corrected chi connectivity index (χ4v) is 1.31. The van der Waals surface area contributed by atoms with Crippen LogP contribution in [0.15, 0.2) is 0 Å². The number of unbranched alkanes of at least 4 members (excludes halogenated alkanes) is 1. The zero-order chi connectivity index (χ0) is 11.7. The van der Waals surface area contributed by atoms with Crippen molar-refractivity contribution in [3.05, 3.63) is 0 Å². The zero-order valence-electron chi connectivity index (χ0n) is 10.4. The van der Waals surface area contributed by atoms with Gasteiger partial charge < -0.3 is 9.47 Å². The van der Waals surface area contributed by atoms with Crippen LogP contribution < -0.4 is 0 Å². The quantitative estimate of drug-likeness (QED) is 0.608. The van der Waals surface area contributed by atoms with Crippen molar-refractivity contribution >= 4 is 6.16 Å². The van der Waals surface area contributed by atoms with Gasteiger partial charge in [-0.05, 0) is 26.2 Å². The van der Waals surface area contributed by atoms with Gasteiger partial charge in [0.05, 0.1) is 12.7 Å². The van der Waals surface area contributed by atoms with Gasteiger partial charge in [-0.1, -0.05) is 33.1 Å². The molecule has 0 aliphatic rings. The summed E-state index contributed by atoms with van der Waals surface area (Å²) in [4.78, 5) is 11.1. The van der Waals surface area contributed by atoms with Crippen molar-refractivity contribution in [1.82, 2.24) is 0 Å². The van der Waals surface area contributed by atoms with Crippen molar-refractivity contribution in [3.8, 4) is 0 Å². The van der Waals surface area contributed by atoms with Crippen LogP contribution in [-0.2, 0) is 9.47 Å². The van der Waals surface area contributed by atoms with E-state index in [0.29, 0.717) is 12.5 Å². The highest BCUT2D eigenvalue weighted by atomic mass is 16.7. The van der Waals surface area contributed by atoms with E-state index in [-0.39, 0.29) is 6.10 Å². The van der Waals surface area contributed by atoms with E-state index < -0.39 is 6.16 Å². The lowest BCUT2D eigenvalue weighted by Crippen LogP contribution is -2.17. The summed E-state index contributed by atoms with van der Waals surface area (Å²) in [5.41, 5.74) is 0. The molecule has 0 aromatic heterocycles. The second-order valence-electron chi connectivity index (χ2n) is 4.14. The normalized spacial score (nSPS) is 12.6. The Morgan fingerprint density at radius 2 is 1.93 bits per heavy atom. The summed E-state index contributed by atoms with van der Waals surface area (Å²) >= 11 is 0. The molecule has 0 aliphatic carbocycles. The molecule has 0 saturated heterocycles. The van der Waals surface area contributed by atoms with Crippen molar-refractivity contribution in [2.24, 2.45) is 5.92 Å². The number of carbonyl (C=O) groups is 1. The summed E-state index contributed by atoms with van der Waals surface area (Å²) < 4.78 is 9.93. The van der Waals surface area contributed by atoms with Crippen LogP contribution in [0.5, 0.6) is 0 Å². The highest BCUT2D eigenvalue weighted by molar-refractivity contribution is 5.59. The van der Waals surface area contributed by atoms with Gasteiger partial charge in [0.1, 0.15) is 0 Å². The summed E-state index contributed by atoms with van der Waals surface area (Å²) in [5, 5.41) is 0. The fourth-order valence-electron chi connectivity index (χ4n) is 1.31. The maximum Gasteiger partial charge on any atom is 0.508 e. The topological polar surface area (TPSA) is 35.5 Å². The minimum absolute atomic E-state index is 0.104. The summed E-state index contributed by atoms with van der Waals surface area (Å²) in [7, 11) is 0. The monoisotopic (exact) mass is 216 g/mol. The van der Waals surface area contributed by atoms with Crippen molar-refractivity contribution in [1.29, 1.82) is 0 Å². The Balaban J connectivity index is 3.65. The zero-order valence-corrected chi connectivity index (χ0v) is 10.4. The van der Waals surface area contributed by atoms with Crippen LogP contribution in [0, 0.1) is 5.92 Å². The lowest BCUT2D eigenvalue weighted by Gasteiger charge is -2.15. The first kappa shape index (κ1) is 14.3. The SMILES string of the molecule is CCCCC(CC)COC(=O)OC(C)C. The van der Waals surface area contributed by atoms with Gasteiger partial charge in [0.15, 0.2) is 0 Å². The molecule has 0 spiro atoms. The molecular weight excluding hydrogens is 192 g/mol. The molecule has 0 saturated carbocycles. The standard InChI is InChI=1S/C12H24O3/c1-5-7-8-11(6-2)9-14-12(13)15-10(3)4/h10-11H,5-9H2,1-4H3. The van der Waals surface area contributed by atoms with Gasteiger partial charge in [-0.2, -0.15) is 0 Å². The van der Waals surface area contributed by atoms with E-state index in [4.69, 9.17) is 9.47 Å². The molecule has 3 heteroatoms. The van der Waals surface area contributed by atoms with E-state index in [9.17, 15) is 4.79 Å². The number of ether oxygens (including phenoxy) is 2. The summed E-state index contributed by atoms with van der Waals surface area (Å²) in [6.45, 7) is 8.41. The lowest BCUT2D eigenvalue weighted by atomic mass is 10.0. The first-order valence-corrected chi connectivity index (χ1v) is 5.93. The van der Waals surface area contributed by atoms with E-state index in [2.05, 4.69) is 13.8 Å². The Morgan fingerprint density at radius 1 is 1.27 bits per heavy atom. The number of carbonyl (C=O) groups excluding carboxylic acids is 1. The first-order valence-electron chi connectivity index (χ1n) is 5.93. The predicted octanol–water partition coefficient (Wildman–Crippen LogP) is 3.76. The fraction of sp³-hybridized carbons (Fsp3) is 0.917. The van der Waals surface area contributed by atoms with Gasteiger partial charge in [0.2, 0.25) is 0 Å². The van der Waals surface area contributed by atoms with Gasteiger partial charge in [0, 0.05) is 0 Å². The molecule has 15 heavy (non-hydrogen) atoms. The van der Waals surface area contributed by atoms with Gasteiger partial charge in [0.25, 0.3) is 0 Å². The van der Waals surface area contributed by atoms with E-state index in [1.165, 1.54) is 12.8 Å². The molecule has 90 valence electrons. The smallest absolute Gasteiger partial charge is 0.434 e. The number of hydrogen-bond donors (Lipinski definition) is 0. The van der Waals surface area contributed by atoms with Gasteiger partial charge in [-0.3, -0.25) is 0 Å². The predicted molar refractivity (Wildman–Crippen MR) is 60.9 cm³/mol. The Kier molecular flexibility index (Phi) is 8.15. The van der Waals surface area contributed by atoms with Crippen molar-refractivity contribution in [2.75, 3.05) is 6.61 Å². The minimum Gasteiger partial charge on any atom is -0.434 e. The van der Waals surface area contributed by atoms with E-state index >= 15 is 0 Å². The Morgan fingerprint density at radius 3 is 2.40 bits per heavy atom. The third kappa shape index (κ3) is 8.28. The van der Waals surface area contributed by atoms with Crippen LogP contribution in [0.1, 0.15) is 53.4 Å². The average molecular weight is 216 g/mol. The highest BCUT2D eigenvalue weighted by Gasteiger charge is 2.11. The Bertz CT molecular complexity index is 166. The molecule has 0 aliphatic heterocycles. The summed E-state index contributed by atoms with van der Waals surface area (Å²) in [6, 6.07) is 0. The molecule has 0 bridgehead atoms. The van der Waals surface area contributed by atoms with Crippen LogP contribution in [0.2, 0.25) is 0 Å². The minimum atomic E-state index is -0.542. The summed E-state index contributed by atoms with van der Waals surface area (Å²) in [5.74, 6) is 0.477. The van der Waals surface area contributed by atoms with E-state index in [1.807, 2.05) is 13.8 Å². The van der Waals surface area contributed by atoms with Gasteiger partial charge in [-0.25, -0.2) is 4.79 Å². The molecule has 0 rings (SSSR count). The number of rotatable bonds is 7. The molecule has 0 amide bonds. The molecular formula is C12H24O3. The summed E-state index contributed by atoms with van der Waals surface area (Å²) in [6.07, 6.45) is 3.92. The molecule has 1 unspecified atom stereocenters. The van der Waals surface area contributed by atoms with E-state index in [0.717, 1.165) is 12.8 Å². The van der Waals surface area contributed by atoms with Gasteiger partial charge in [-0.15, -0.1) is 0 Å². The molecule has 3 nitrogen and oxygen atoms in total. The van der Waals surface area contributed by atoms with Crippen LogP contribution in [0.4, 0.5) is 4.79 Å². The second-order valence-corrected chi connectivity index (χ2v) is 4.14. The van der Waals surface area contributed by atoms with Gasteiger partial charge >= 0.3 is 6.16 Å². The molecule has 0 aromatic carbocycles. The molecule has 0 fully saturated rings. The second kappa shape index (κ2) is 8.57. The first-order chi connectivity index (χ1) is 7.10. The van der Waals surface area contributed by atoms with Crippen LogP contribution in [0.3, 0.4) is 0 Å². The van der Waals surface area contributed by atoms with Crippen molar-refractivity contribution in [3.63, 3.8) is 0 Å². The van der Waals surface area contributed by atoms with Crippen molar-refractivity contribution < 1.29 is 14.3 Å². The molecule has 0 heterocycles. The maximum atomic E-state index is 11.1. The lowest BCUT2D eigenvalue weighted by molar-refractivity contribution is 0.0241. The molecule has 0 N–H and O–H groups in total. The molecule has 0 radical (unpaired) electrons. The number of hydrogen-bond acceptors (Lipinski definition) is 3. The third-order valence-corrected chi connectivity index (χ3v) is 2.31. The third-order valence-electron chi connectivity index (χ3n) is 2.31. The maximum absolute atomic E-state index is 11.1. The average Bonchev–Trinajstić information content (AvgIpc) is 2.17. The Hall–Kier alpha value is -0.730. The van der Waals surface area contributed by atoms with Crippen LogP contribution in [-0.4, -0.2) is 18.9 Å².